The summed E-state index contributed by atoms with van der Waals surface area (Å²) in [5.41, 5.74) is 0. The normalized spacial score (nSPS) is 12.4. The van der Waals surface area contributed by atoms with Crippen LogP contribution >= 0.6 is 11.8 Å². The maximum Gasteiger partial charge on any atom is 0.0171 e. The number of rotatable bonds is 7. The van der Waals surface area contributed by atoms with Crippen LogP contribution in [0, 0.1) is 25.2 Å². The zero-order valence-electron chi connectivity index (χ0n) is 8.01. The minimum absolute atomic E-state index is 0.461. The Morgan fingerprint density at radius 1 is 1.42 bits per heavy atom. The average Bonchev–Trinajstić information content (AvgIpc) is 2.10. The second-order valence-electron chi connectivity index (χ2n) is 3.03. The van der Waals surface area contributed by atoms with Crippen LogP contribution < -0.4 is 0 Å². The predicted molar refractivity (Wildman–Crippen MR) is 59.1 cm³/mol. The Morgan fingerprint density at radius 2 is 2.17 bits per heavy atom. The molecule has 0 spiro atoms. The molecule has 0 nitrogen and oxygen atoms in total. The van der Waals surface area contributed by atoms with E-state index in [9.17, 15) is 0 Å². The fourth-order valence-corrected chi connectivity index (χ4v) is 1.76. The third kappa shape index (κ3) is 8.01. The fourth-order valence-electron chi connectivity index (χ4n) is 0.942. The highest BCUT2D eigenvalue weighted by atomic mass is 32.2. The van der Waals surface area contributed by atoms with Crippen LogP contribution in [0.5, 0.6) is 0 Å². The molecule has 0 aliphatic carbocycles. The van der Waals surface area contributed by atoms with Crippen LogP contribution in [0.3, 0.4) is 0 Å². The zero-order chi connectivity index (χ0) is 9.23. The number of hydrogen-bond donors (Lipinski definition) is 0. The number of hydrogen-bond acceptors (Lipinski definition) is 1. The summed E-state index contributed by atoms with van der Waals surface area (Å²) in [5.74, 6) is 5.68. The maximum absolute atomic E-state index is 5.27. The van der Waals surface area contributed by atoms with Gasteiger partial charge in [0.15, 0.2) is 0 Å². The molecule has 1 heteroatoms. The lowest BCUT2D eigenvalue weighted by atomic mass is 10.1. The first-order chi connectivity index (χ1) is 5.81. The van der Waals surface area contributed by atoms with Crippen LogP contribution in [0.1, 0.15) is 32.6 Å². The minimum Gasteiger partial charge on any atom is -0.162 e. The Kier molecular flexibility index (Phi) is 8.93. The Bertz CT molecular complexity index is 123. The molecule has 0 fully saturated rings. The van der Waals surface area contributed by atoms with Crippen molar-refractivity contribution in [2.24, 2.45) is 5.92 Å². The maximum atomic E-state index is 5.27. The van der Waals surface area contributed by atoms with Gasteiger partial charge in [-0.2, -0.15) is 11.8 Å². The van der Waals surface area contributed by atoms with E-state index in [0.717, 1.165) is 6.42 Å². The first-order valence-corrected chi connectivity index (χ1v) is 5.79. The second-order valence-corrected chi connectivity index (χ2v) is 4.25. The largest absolute Gasteiger partial charge is 0.162 e. The molecule has 12 heavy (non-hydrogen) atoms. The SMILES string of the molecule is C#CC(C)CCCCSCC[CH2]. The van der Waals surface area contributed by atoms with Crippen molar-refractivity contribution in [2.75, 3.05) is 11.5 Å². The van der Waals surface area contributed by atoms with Crippen LogP contribution in [0.25, 0.3) is 0 Å². The fraction of sp³-hybridized carbons (Fsp3) is 0.727. The Hall–Kier alpha value is -0.0900. The summed E-state index contributed by atoms with van der Waals surface area (Å²) in [6.07, 6.45) is 10.1. The molecule has 0 heterocycles. The molecule has 0 saturated carbocycles. The van der Waals surface area contributed by atoms with Gasteiger partial charge in [-0.3, -0.25) is 0 Å². The zero-order valence-corrected chi connectivity index (χ0v) is 8.83. The third-order valence-corrected chi connectivity index (χ3v) is 2.90. The molecule has 0 bridgehead atoms. The lowest BCUT2D eigenvalue weighted by Gasteiger charge is -2.02. The van der Waals surface area contributed by atoms with Crippen molar-refractivity contribution in [2.45, 2.75) is 32.6 Å². The van der Waals surface area contributed by atoms with E-state index in [2.05, 4.69) is 19.8 Å². The van der Waals surface area contributed by atoms with Crippen molar-refractivity contribution < 1.29 is 0 Å². The molecule has 1 radical (unpaired) electrons. The summed E-state index contributed by atoms with van der Waals surface area (Å²) in [6.45, 7) is 5.91. The van der Waals surface area contributed by atoms with Gasteiger partial charge in [0, 0.05) is 5.92 Å². The molecule has 0 aromatic rings. The van der Waals surface area contributed by atoms with Gasteiger partial charge in [-0.25, -0.2) is 0 Å². The van der Waals surface area contributed by atoms with E-state index in [1.165, 1.54) is 30.8 Å². The summed E-state index contributed by atoms with van der Waals surface area (Å²) in [7, 11) is 0. The first-order valence-electron chi connectivity index (χ1n) is 4.64. The average molecular weight is 183 g/mol. The standard InChI is InChI=1S/C11H19S/c1-4-9-12-10-7-6-8-11(3)5-2/h2,11H,1,4,6-10H2,3H3. The van der Waals surface area contributed by atoms with E-state index in [-0.39, 0.29) is 0 Å². The highest BCUT2D eigenvalue weighted by molar-refractivity contribution is 7.99. The second kappa shape index (κ2) is 9.00. The molecule has 1 atom stereocenters. The van der Waals surface area contributed by atoms with Crippen LogP contribution in [0.15, 0.2) is 0 Å². The van der Waals surface area contributed by atoms with Crippen LogP contribution in [0.2, 0.25) is 0 Å². The minimum atomic E-state index is 0.461. The number of unbranched alkanes of at least 4 members (excludes halogenated alkanes) is 1. The van der Waals surface area contributed by atoms with E-state index in [4.69, 9.17) is 6.42 Å². The quantitative estimate of drug-likeness (QED) is 0.431. The van der Waals surface area contributed by atoms with Crippen molar-refractivity contribution in [3.8, 4) is 12.3 Å². The Labute approximate surface area is 81.5 Å². The topological polar surface area (TPSA) is 0 Å². The molecule has 0 aliphatic heterocycles. The first kappa shape index (κ1) is 11.9. The van der Waals surface area contributed by atoms with Gasteiger partial charge in [-0.15, -0.1) is 12.3 Å². The molecule has 0 aromatic carbocycles. The van der Waals surface area contributed by atoms with Crippen LogP contribution in [0.4, 0.5) is 0 Å². The Morgan fingerprint density at radius 3 is 2.75 bits per heavy atom. The van der Waals surface area contributed by atoms with Gasteiger partial charge in [-0.1, -0.05) is 20.3 Å². The van der Waals surface area contributed by atoms with E-state index >= 15 is 0 Å². The van der Waals surface area contributed by atoms with Crippen LogP contribution in [-0.2, 0) is 0 Å². The smallest absolute Gasteiger partial charge is 0.0171 e. The molecule has 0 rings (SSSR count). The van der Waals surface area contributed by atoms with Gasteiger partial charge in [0.1, 0.15) is 0 Å². The van der Waals surface area contributed by atoms with Gasteiger partial charge in [0.25, 0.3) is 0 Å². The number of thioether (sulfide) groups is 1. The van der Waals surface area contributed by atoms with E-state index in [1.807, 2.05) is 11.8 Å². The van der Waals surface area contributed by atoms with E-state index in [0.29, 0.717) is 5.92 Å². The molecule has 0 N–H and O–H groups in total. The lowest BCUT2D eigenvalue weighted by Crippen LogP contribution is -1.91. The third-order valence-electron chi connectivity index (χ3n) is 1.75. The van der Waals surface area contributed by atoms with Crippen molar-refractivity contribution in [3.63, 3.8) is 0 Å². The molecule has 0 aromatic heterocycles. The molecule has 0 saturated heterocycles. The van der Waals surface area contributed by atoms with E-state index in [1.54, 1.807) is 0 Å². The summed E-state index contributed by atoms with van der Waals surface area (Å²) in [5, 5.41) is 0. The molecule has 0 amide bonds. The lowest BCUT2D eigenvalue weighted by molar-refractivity contribution is 0.616. The van der Waals surface area contributed by atoms with Gasteiger partial charge in [0.2, 0.25) is 0 Å². The van der Waals surface area contributed by atoms with Crippen molar-refractivity contribution in [1.82, 2.24) is 0 Å². The van der Waals surface area contributed by atoms with Gasteiger partial charge in [-0.05, 0) is 30.8 Å². The summed E-state index contributed by atoms with van der Waals surface area (Å²) < 4.78 is 0. The summed E-state index contributed by atoms with van der Waals surface area (Å²) >= 11 is 2.00. The molecule has 69 valence electrons. The van der Waals surface area contributed by atoms with Gasteiger partial charge < -0.3 is 0 Å². The highest BCUT2D eigenvalue weighted by Gasteiger charge is 1.95. The summed E-state index contributed by atoms with van der Waals surface area (Å²) in [4.78, 5) is 0. The van der Waals surface area contributed by atoms with E-state index < -0.39 is 0 Å². The predicted octanol–water partition coefficient (Wildman–Crippen LogP) is 3.38. The Balaban J connectivity index is 2.96. The monoisotopic (exact) mass is 183 g/mol. The van der Waals surface area contributed by atoms with Crippen molar-refractivity contribution >= 4 is 11.8 Å². The van der Waals surface area contributed by atoms with Gasteiger partial charge >= 0.3 is 0 Å². The molecule has 0 aliphatic rings. The highest BCUT2D eigenvalue weighted by Crippen LogP contribution is 2.10. The molecular formula is C11H19S. The summed E-state index contributed by atoms with van der Waals surface area (Å²) in [6, 6.07) is 0. The number of terminal acetylenes is 1. The molecule has 1 unspecified atom stereocenters. The van der Waals surface area contributed by atoms with Gasteiger partial charge in [0.05, 0.1) is 0 Å². The van der Waals surface area contributed by atoms with Crippen molar-refractivity contribution in [3.05, 3.63) is 6.92 Å². The van der Waals surface area contributed by atoms with Crippen LogP contribution in [-0.4, -0.2) is 11.5 Å². The molecular weight excluding hydrogens is 164 g/mol. The van der Waals surface area contributed by atoms with Crippen molar-refractivity contribution in [1.29, 1.82) is 0 Å².